The molecule has 1 aliphatic heterocycles. The summed E-state index contributed by atoms with van der Waals surface area (Å²) in [6.07, 6.45) is 2.23. The van der Waals surface area contributed by atoms with E-state index in [-0.39, 0.29) is 16.6 Å². The Balaban J connectivity index is 2.79. The van der Waals surface area contributed by atoms with Crippen LogP contribution in [-0.4, -0.2) is 11.2 Å². The molecule has 1 aliphatic rings. The van der Waals surface area contributed by atoms with Crippen molar-refractivity contribution in [3.63, 3.8) is 0 Å². The van der Waals surface area contributed by atoms with Gasteiger partial charge < -0.3 is 0 Å². The summed E-state index contributed by atoms with van der Waals surface area (Å²) in [6, 6.07) is 0. The molecule has 2 nitrogen and oxygen atoms in total. The van der Waals surface area contributed by atoms with Gasteiger partial charge in [-0.25, -0.2) is 9.78 Å². The summed E-state index contributed by atoms with van der Waals surface area (Å²) in [6.45, 7) is 20.3. The van der Waals surface area contributed by atoms with Crippen molar-refractivity contribution in [3.8, 4) is 0 Å². The zero-order valence-corrected chi connectivity index (χ0v) is 13.8. The van der Waals surface area contributed by atoms with Gasteiger partial charge in [0.2, 0.25) is 0 Å². The monoisotopic (exact) mass is 256 g/mol. The molecule has 0 spiro atoms. The van der Waals surface area contributed by atoms with Gasteiger partial charge in [0.15, 0.2) is 0 Å². The zero-order chi connectivity index (χ0) is 14.4. The predicted octanol–water partition coefficient (Wildman–Crippen LogP) is 4.97. The van der Waals surface area contributed by atoms with E-state index in [4.69, 9.17) is 9.78 Å². The summed E-state index contributed by atoms with van der Waals surface area (Å²) >= 11 is 0. The van der Waals surface area contributed by atoms with Crippen molar-refractivity contribution in [3.05, 3.63) is 0 Å². The molecule has 0 amide bonds. The number of hydrogen-bond donors (Lipinski definition) is 0. The fourth-order valence-electron chi connectivity index (χ4n) is 2.91. The highest BCUT2D eigenvalue weighted by atomic mass is 17.3. The van der Waals surface area contributed by atoms with Crippen LogP contribution in [0.15, 0.2) is 0 Å². The van der Waals surface area contributed by atoms with Crippen molar-refractivity contribution < 1.29 is 9.78 Å². The van der Waals surface area contributed by atoms with E-state index < -0.39 is 0 Å². The van der Waals surface area contributed by atoms with Gasteiger partial charge in [-0.1, -0.05) is 48.5 Å². The van der Waals surface area contributed by atoms with E-state index in [2.05, 4.69) is 62.3 Å². The maximum atomic E-state index is 5.66. The van der Waals surface area contributed by atoms with Crippen molar-refractivity contribution in [2.45, 2.75) is 86.4 Å². The first-order valence-corrected chi connectivity index (χ1v) is 7.20. The molecule has 0 aliphatic carbocycles. The molecule has 2 heteroatoms. The van der Waals surface area contributed by atoms with Gasteiger partial charge in [0.1, 0.15) is 11.2 Å². The molecule has 0 N–H and O–H groups in total. The summed E-state index contributed by atoms with van der Waals surface area (Å²) in [5, 5.41) is 0. The Morgan fingerprint density at radius 3 is 1.67 bits per heavy atom. The third-order valence-corrected chi connectivity index (χ3v) is 4.98. The topological polar surface area (TPSA) is 18.5 Å². The van der Waals surface area contributed by atoms with Crippen molar-refractivity contribution in [2.75, 3.05) is 0 Å². The molecule has 108 valence electrons. The molecule has 1 rings (SSSR count). The Morgan fingerprint density at radius 1 is 0.944 bits per heavy atom. The molecule has 2 atom stereocenters. The van der Waals surface area contributed by atoms with Crippen LogP contribution in [0.25, 0.3) is 0 Å². The van der Waals surface area contributed by atoms with Gasteiger partial charge in [0, 0.05) is 0 Å². The molecule has 0 aromatic carbocycles. The van der Waals surface area contributed by atoms with Crippen molar-refractivity contribution in [1.29, 1.82) is 0 Å². The van der Waals surface area contributed by atoms with Crippen molar-refractivity contribution >= 4 is 0 Å². The van der Waals surface area contributed by atoms with E-state index in [0.717, 1.165) is 6.42 Å². The highest BCUT2D eigenvalue weighted by Crippen LogP contribution is 2.54. The molecule has 2 unspecified atom stereocenters. The van der Waals surface area contributed by atoms with Crippen LogP contribution in [0, 0.1) is 16.7 Å². The standard InChI is InChI=1S/C16H32O2/c1-12(13(2,3)4)10-11-16(14(5,6)7)15(8,9)17-18-16/h12H,10-11H2,1-9H3. The van der Waals surface area contributed by atoms with Crippen LogP contribution in [-0.2, 0) is 9.78 Å². The highest BCUT2D eigenvalue weighted by molar-refractivity contribution is 5.07. The first kappa shape index (κ1) is 16.0. The first-order chi connectivity index (χ1) is 7.83. The van der Waals surface area contributed by atoms with Crippen LogP contribution in [0.4, 0.5) is 0 Å². The lowest BCUT2D eigenvalue weighted by Gasteiger charge is -2.60. The number of rotatable bonds is 3. The van der Waals surface area contributed by atoms with Gasteiger partial charge in [-0.2, -0.15) is 0 Å². The first-order valence-electron chi connectivity index (χ1n) is 7.20. The Kier molecular flexibility index (Phi) is 3.98. The molecule has 18 heavy (non-hydrogen) atoms. The summed E-state index contributed by atoms with van der Waals surface area (Å²) in [5.74, 6) is 0.678. The van der Waals surface area contributed by atoms with Crippen LogP contribution in [0.1, 0.15) is 75.2 Å². The molecule has 1 saturated heterocycles. The Morgan fingerprint density at radius 2 is 1.44 bits per heavy atom. The predicted molar refractivity (Wildman–Crippen MR) is 76.3 cm³/mol. The van der Waals surface area contributed by atoms with Crippen LogP contribution >= 0.6 is 0 Å². The van der Waals surface area contributed by atoms with Gasteiger partial charge >= 0.3 is 0 Å². The largest absolute Gasteiger partial charge is 0.227 e. The number of hydrogen-bond acceptors (Lipinski definition) is 2. The lowest BCUT2D eigenvalue weighted by molar-refractivity contribution is -0.565. The lowest BCUT2D eigenvalue weighted by Crippen LogP contribution is -2.69. The minimum absolute atomic E-state index is 0.0896. The Labute approximate surface area is 113 Å². The quantitative estimate of drug-likeness (QED) is 0.663. The normalized spacial score (nSPS) is 29.8. The van der Waals surface area contributed by atoms with Crippen LogP contribution in [0.5, 0.6) is 0 Å². The molecule has 0 aromatic rings. The summed E-state index contributed by atoms with van der Waals surface area (Å²) in [7, 11) is 0. The second-order valence-electron chi connectivity index (χ2n) is 8.56. The maximum absolute atomic E-state index is 5.66. The minimum Gasteiger partial charge on any atom is -0.227 e. The SMILES string of the molecule is CC(CCC1(C(C)(C)C)OOC1(C)C)C(C)(C)C. The fraction of sp³-hybridized carbons (Fsp3) is 1.00. The Hall–Kier alpha value is -0.0800. The van der Waals surface area contributed by atoms with E-state index in [1.807, 2.05) is 0 Å². The lowest BCUT2D eigenvalue weighted by atomic mass is 9.62. The van der Waals surface area contributed by atoms with E-state index in [1.54, 1.807) is 0 Å². The van der Waals surface area contributed by atoms with E-state index >= 15 is 0 Å². The smallest absolute Gasteiger partial charge is 0.140 e. The molecule has 0 aromatic heterocycles. The average molecular weight is 256 g/mol. The summed E-state index contributed by atoms with van der Waals surface area (Å²) in [5.41, 5.74) is 0.0859. The van der Waals surface area contributed by atoms with Crippen LogP contribution < -0.4 is 0 Å². The fourth-order valence-corrected chi connectivity index (χ4v) is 2.91. The van der Waals surface area contributed by atoms with Gasteiger partial charge in [0.05, 0.1) is 0 Å². The molecule has 0 radical (unpaired) electrons. The van der Waals surface area contributed by atoms with Gasteiger partial charge in [-0.05, 0) is 43.4 Å². The second kappa shape index (κ2) is 4.49. The van der Waals surface area contributed by atoms with E-state index in [0.29, 0.717) is 11.3 Å². The maximum Gasteiger partial charge on any atom is 0.140 e. The average Bonchev–Trinajstić information content (AvgIpc) is 2.12. The van der Waals surface area contributed by atoms with Crippen LogP contribution in [0.3, 0.4) is 0 Å². The van der Waals surface area contributed by atoms with Gasteiger partial charge in [0.25, 0.3) is 0 Å². The van der Waals surface area contributed by atoms with Crippen molar-refractivity contribution in [1.82, 2.24) is 0 Å². The van der Waals surface area contributed by atoms with Gasteiger partial charge in [-0.3, -0.25) is 0 Å². The third kappa shape index (κ3) is 2.60. The van der Waals surface area contributed by atoms with E-state index in [9.17, 15) is 0 Å². The van der Waals surface area contributed by atoms with Crippen molar-refractivity contribution in [2.24, 2.45) is 16.7 Å². The second-order valence-corrected chi connectivity index (χ2v) is 8.56. The molecular weight excluding hydrogens is 224 g/mol. The Bertz CT molecular complexity index is 281. The molecule has 1 fully saturated rings. The highest BCUT2D eigenvalue weighted by Gasteiger charge is 2.64. The summed E-state index contributed by atoms with van der Waals surface area (Å²) < 4.78 is 0. The molecule has 1 heterocycles. The minimum atomic E-state index is -0.192. The van der Waals surface area contributed by atoms with Gasteiger partial charge in [-0.15, -0.1) is 0 Å². The van der Waals surface area contributed by atoms with E-state index in [1.165, 1.54) is 6.42 Å². The zero-order valence-electron chi connectivity index (χ0n) is 13.8. The third-order valence-electron chi connectivity index (χ3n) is 4.98. The molecule has 0 bridgehead atoms. The van der Waals surface area contributed by atoms with Crippen LogP contribution in [0.2, 0.25) is 0 Å². The molecule has 0 saturated carbocycles. The summed E-state index contributed by atoms with van der Waals surface area (Å²) in [4.78, 5) is 11.0. The molecular formula is C16H32O2.